The number of amides is 1. The summed E-state index contributed by atoms with van der Waals surface area (Å²) in [6.07, 6.45) is 3.82. The number of carbonyl (C=O) groups excluding carboxylic acids is 1. The first-order valence-electron chi connectivity index (χ1n) is 8.25. The van der Waals surface area contributed by atoms with Gasteiger partial charge < -0.3 is 4.90 Å². The number of hydrogen-bond donors (Lipinski definition) is 0. The van der Waals surface area contributed by atoms with Crippen molar-refractivity contribution in [1.82, 2.24) is 9.21 Å². The van der Waals surface area contributed by atoms with Crippen molar-refractivity contribution in [3.63, 3.8) is 0 Å². The summed E-state index contributed by atoms with van der Waals surface area (Å²) in [7, 11) is -3.06. The maximum atomic E-state index is 12.4. The number of carbonyl (C=O) groups is 1. The molecule has 1 aromatic heterocycles. The molecule has 0 N–H and O–H groups in total. The minimum absolute atomic E-state index is 0.132. The number of sulfonamides is 1. The molecule has 2 aliphatic rings. The van der Waals surface area contributed by atoms with Gasteiger partial charge in [-0.2, -0.15) is 11.3 Å². The van der Waals surface area contributed by atoms with Crippen molar-refractivity contribution in [2.75, 3.05) is 31.9 Å². The van der Waals surface area contributed by atoms with Gasteiger partial charge in [0.05, 0.1) is 11.3 Å². The Bertz CT molecular complexity index is 637. The monoisotopic (exact) mass is 356 g/mol. The van der Waals surface area contributed by atoms with Crippen LogP contribution in [0.25, 0.3) is 0 Å². The summed E-state index contributed by atoms with van der Waals surface area (Å²) in [6.45, 7) is 4.54. The normalized spacial score (nSPS) is 22.4. The maximum absolute atomic E-state index is 12.4. The van der Waals surface area contributed by atoms with Crippen LogP contribution in [0.5, 0.6) is 0 Å². The van der Waals surface area contributed by atoms with Gasteiger partial charge in [-0.25, -0.2) is 12.7 Å². The summed E-state index contributed by atoms with van der Waals surface area (Å²) in [5.74, 6) is 0.315. The molecule has 7 heteroatoms. The molecular weight excluding hydrogens is 332 g/mol. The molecule has 23 heavy (non-hydrogen) atoms. The third-order valence-corrected chi connectivity index (χ3v) is 7.99. The third kappa shape index (κ3) is 3.46. The van der Waals surface area contributed by atoms with E-state index in [1.165, 1.54) is 0 Å². The molecule has 3 heterocycles. The number of hydrogen-bond acceptors (Lipinski definition) is 4. The van der Waals surface area contributed by atoms with E-state index in [1.54, 1.807) is 22.6 Å². The molecule has 2 saturated heterocycles. The van der Waals surface area contributed by atoms with E-state index in [0.717, 1.165) is 44.3 Å². The van der Waals surface area contributed by atoms with Gasteiger partial charge in [-0.15, -0.1) is 0 Å². The molecule has 5 nitrogen and oxygen atoms in total. The van der Waals surface area contributed by atoms with Crippen LogP contribution in [0.1, 0.15) is 43.0 Å². The quantitative estimate of drug-likeness (QED) is 0.836. The van der Waals surface area contributed by atoms with Gasteiger partial charge in [-0.05, 0) is 49.5 Å². The van der Waals surface area contributed by atoms with Gasteiger partial charge in [-0.1, -0.05) is 0 Å². The molecule has 0 radical (unpaired) electrons. The SMILES string of the molecule is CCS(=O)(=O)N1CCC2(CCN(C(=O)c3ccsc3)CC2)CC1. The summed E-state index contributed by atoms with van der Waals surface area (Å²) < 4.78 is 25.6. The molecule has 0 aliphatic carbocycles. The summed E-state index contributed by atoms with van der Waals surface area (Å²) >= 11 is 1.55. The molecule has 0 unspecified atom stereocenters. The van der Waals surface area contributed by atoms with E-state index in [-0.39, 0.29) is 17.1 Å². The largest absolute Gasteiger partial charge is 0.339 e. The Kier molecular flexibility index (Phi) is 4.80. The smallest absolute Gasteiger partial charge is 0.254 e. The summed E-state index contributed by atoms with van der Waals surface area (Å²) in [4.78, 5) is 14.3. The zero-order chi connectivity index (χ0) is 16.5. The van der Waals surface area contributed by atoms with Crippen LogP contribution in [0.2, 0.25) is 0 Å². The van der Waals surface area contributed by atoms with Crippen molar-refractivity contribution in [3.8, 4) is 0 Å². The third-order valence-electron chi connectivity index (χ3n) is 5.42. The van der Waals surface area contributed by atoms with Crippen LogP contribution in [0.3, 0.4) is 0 Å². The van der Waals surface area contributed by atoms with Crippen LogP contribution < -0.4 is 0 Å². The first-order chi connectivity index (χ1) is 11.0. The molecule has 3 rings (SSSR count). The Morgan fingerprint density at radius 3 is 2.30 bits per heavy atom. The molecule has 128 valence electrons. The average molecular weight is 357 g/mol. The number of likely N-dealkylation sites (tertiary alicyclic amines) is 1. The second kappa shape index (κ2) is 6.53. The number of piperidine rings is 2. The van der Waals surface area contributed by atoms with Gasteiger partial charge in [0.2, 0.25) is 10.0 Å². The molecule has 1 spiro atoms. The van der Waals surface area contributed by atoms with E-state index in [4.69, 9.17) is 0 Å². The lowest BCUT2D eigenvalue weighted by atomic mass is 9.71. The van der Waals surface area contributed by atoms with Crippen molar-refractivity contribution < 1.29 is 13.2 Å². The van der Waals surface area contributed by atoms with Gasteiger partial charge in [0, 0.05) is 31.6 Å². The van der Waals surface area contributed by atoms with Gasteiger partial charge in [0.25, 0.3) is 5.91 Å². The van der Waals surface area contributed by atoms with E-state index in [1.807, 2.05) is 21.7 Å². The second-order valence-electron chi connectivity index (χ2n) is 6.60. The summed E-state index contributed by atoms with van der Waals surface area (Å²) in [5, 5.41) is 3.84. The molecule has 1 amide bonds. The fourth-order valence-corrected chi connectivity index (χ4v) is 5.41. The molecule has 2 fully saturated rings. The zero-order valence-corrected chi connectivity index (χ0v) is 15.2. The van der Waals surface area contributed by atoms with E-state index in [2.05, 4.69) is 0 Å². The van der Waals surface area contributed by atoms with E-state index >= 15 is 0 Å². The van der Waals surface area contributed by atoms with E-state index in [0.29, 0.717) is 13.1 Å². The zero-order valence-electron chi connectivity index (χ0n) is 13.5. The lowest BCUT2D eigenvalue weighted by molar-refractivity contribution is 0.0425. The first-order valence-corrected chi connectivity index (χ1v) is 10.8. The van der Waals surface area contributed by atoms with Crippen LogP contribution in [0.4, 0.5) is 0 Å². The first kappa shape index (κ1) is 16.9. The van der Waals surface area contributed by atoms with Crippen molar-refractivity contribution in [2.24, 2.45) is 5.41 Å². The van der Waals surface area contributed by atoms with Crippen LogP contribution in [0.15, 0.2) is 16.8 Å². The highest BCUT2D eigenvalue weighted by Gasteiger charge is 2.40. The lowest BCUT2D eigenvalue weighted by Crippen LogP contribution is -2.49. The van der Waals surface area contributed by atoms with Crippen LogP contribution in [-0.4, -0.2) is 55.5 Å². The number of thiophene rings is 1. The van der Waals surface area contributed by atoms with Crippen molar-refractivity contribution >= 4 is 27.3 Å². The van der Waals surface area contributed by atoms with Crippen molar-refractivity contribution in [3.05, 3.63) is 22.4 Å². The van der Waals surface area contributed by atoms with Crippen LogP contribution in [0, 0.1) is 5.41 Å². The molecular formula is C16H24N2O3S2. The topological polar surface area (TPSA) is 57.7 Å². The maximum Gasteiger partial charge on any atom is 0.254 e. The van der Waals surface area contributed by atoms with Crippen molar-refractivity contribution in [2.45, 2.75) is 32.6 Å². The average Bonchev–Trinajstić information content (AvgIpc) is 3.10. The molecule has 0 bridgehead atoms. The fourth-order valence-electron chi connectivity index (χ4n) is 3.67. The molecule has 1 aromatic rings. The fraction of sp³-hybridized carbons (Fsp3) is 0.688. The highest BCUT2D eigenvalue weighted by molar-refractivity contribution is 7.89. The summed E-state index contributed by atoms with van der Waals surface area (Å²) in [5.41, 5.74) is 1.01. The van der Waals surface area contributed by atoms with Gasteiger partial charge in [0.15, 0.2) is 0 Å². The predicted octanol–water partition coefficient (Wildman–Crippen LogP) is 2.42. The Hall–Kier alpha value is -0.920. The van der Waals surface area contributed by atoms with Crippen LogP contribution in [-0.2, 0) is 10.0 Å². The number of rotatable bonds is 3. The second-order valence-corrected chi connectivity index (χ2v) is 9.64. The Morgan fingerprint density at radius 2 is 1.78 bits per heavy atom. The highest BCUT2D eigenvalue weighted by atomic mass is 32.2. The lowest BCUT2D eigenvalue weighted by Gasteiger charge is -2.46. The van der Waals surface area contributed by atoms with Crippen molar-refractivity contribution in [1.29, 1.82) is 0 Å². The van der Waals surface area contributed by atoms with Gasteiger partial charge in [-0.3, -0.25) is 4.79 Å². The Morgan fingerprint density at radius 1 is 1.17 bits per heavy atom. The molecule has 0 saturated carbocycles. The van der Waals surface area contributed by atoms with Crippen LogP contribution >= 0.6 is 11.3 Å². The molecule has 2 aliphatic heterocycles. The standard InChI is InChI=1S/C16H24N2O3S2/c1-2-23(20,21)18-10-6-16(7-11-18)4-8-17(9-5-16)15(19)14-3-12-22-13-14/h3,12-13H,2,4-11H2,1H3. The Labute approximate surface area is 142 Å². The van der Waals surface area contributed by atoms with E-state index in [9.17, 15) is 13.2 Å². The number of nitrogens with zero attached hydrogens (tertiary/aromatic N) is 2. The minimum atomic E-state index is -3.06. The predicted molar refractivity (Wildman–Crippen MR) is 92.2 cm³/mol. The summed E-state index contributed by atoms with van der Waals surface area (Å²) in [6, 6.07) is 1.88. The van der Waals surface area contributed by atoms with Gasteiger partial charge >= 0.3 is 0 Å². The minimum Gasteiger partial charge on any atom is -0.339 e. The van der Waals surface area contributed by atoms with E-state index < -0.39 is 10.0 Å². The van der Waals surface area contributed by atoms with Gasteiger partial charge in [0.1, 0.15) is 0 Å². The Balaban J connectivity index is 1.56. The molecule has 0 aromatic carbocycles. The molecule has 0 atom stereocenters. The highest BCUT2D eigenvalue weighted by Crippen LogP contribution is 2.42.